The van der Waals surface area contributed by atoms with Crippen LogP contribution in [0.3, 0.4) is 0 Å². The minimum absolute atomic E-state index is 0.0538. The van der Waals surface area contributed by atoms with Crippen molar-refractivity contribution >= 4 is 23.2 Å². The Bertz CT molecular complexity index is 672. The van der Waals surface area contributed by atoms with E-state index < -0.39 is 0 Å². The standard InChI is InChI=1S/C14H17ClN4O2/c1-9(21-11-4-6-18(8-11)10(2)20)12-3-5-16-14-7-13(15)17-19(12)14/h3,5,7,9,11H,4,6,8H2,1-2H3/t9-,11+/m0/s1. The van der Waals surface area contributed by atoms with E-state index in [2.05, 4.69) is 10.1 Å². The maximum atomic E-state index is 11.4. The van der Waals surface area contributed by atoms with Gasteiger partial charge in [-0.1, -0.05) is 11.6 Å². The smallest absolute Gasteiger partial charge is 0.219 e. The van der Waals surface area contributed by atoms with Gasteiger partial charge in [-0.2, -0.15) is 5.10 Å². The number of halogens is 1. The molecule has 0 aromatic carbocycles. The molecule has 1 aliphatic heterocycles. The van der Waals surface area contributed by atoms with E-state index in [1.54, 1.807) is 23.7 Å². The molecule has 6 nitrogen and oxygen atoms in total. The van der Waals surface area contributed by atoms with Crippen molar-refractivity contribution in [1.82, 2.24) is 19.5 Å². The fourth-order valence-corrected chi connectivity index (χ4v) is 2.85. The molecule has 2 aromatic rings. The normalized spacial score (nSPS) is 20.1. The molecule has 1 saturated heterocycles. The highest BCUT2D eigenvalue weighted by Gasteiger charge is 2.27. The number of fused-ring (bicyclic) bond motifs is 1. The van der Waals surface area contributed by atoms with Crippen LogP contribution in [0.1, 0.15) is 32.1 Å². The molecule has 0 aliphatic carbocycles. The molecule has 3 rings (SSSR count). The highest BCUT2D eigenvalue weighted by atomic mass is 35.5. The number of rotatable bonds is 3. The third-order valence-electron chi connectivity index (χ3n) is 3.76. The summed E-state index contributed by atoms with van der Waals surface area (Å²) < 4.78 is 7.77. The van der Waals surface area contributed by atoms with Crippen molar-refractivity contribution in [3.8, 4) is 0 Å². The summed E-state index contributed by atoms with van der Waals surface area (Å²) in [6.45, 7) is 4.96. The molecular weight excluding hydrogens is 292 g/mol. The minimum atomic E-state index is -0.150. The fourth-order valence-electron chi connectivity index (χ4n) is 2.68. The molecule has 0 spiro atoms. The number of nitrogens with zero attached hydrogens (tertiary/aromatic N) is 4. The number of ether oxygens (including phenoxy) is 1. The first kappa shape index (κ1) is 14.3. The molecular formula is C14H17ClN4O2. The molecule has 1 aliphatic rings. The third kappa shape index (κ3) is 2.87. The predicted molar refractivity (Wildman–Crippen MR) is 78.2 cm³/mol. The first-order valence-corrected chi connectivity index (χ1v) is 7.33. The summed E-state index contributed by atoms with van der Waals surface area (Å²) in [4.78, 5) is 17.4. The summed E-state index contributed by atoms with van der Waals surface area (Å²) in [6.07, 6.45) is 2.48. The lowest BCUT2D eigenvalue weighted by Crippen LogP contribution is -2.28. The average Bonchev–Trinajstić information content (AvgIpc) is 3.03. The number of hydrogen-bond donors (Lipinski definition) is 0. The van der Waals surface area contributed by atoms with E-state index in [4.69, 9.17) is 16.3 Å². The van der Waals surface area contributed by atoms with Crippen LogP contribution < -0.4 is 0 Å². The van der Waals surface area contributed by atoms with Gasteiger partial charge in [-0.3, -0.25) is 4.79 Å². The molecule has 3 heterocycles. The second-order valence-electron chi connectivity index (χ2n) is 5.26. The van der Waals surface area contributed by atoms with Gasteiger partial charge in [0, 0.05) is 32.3 Å². The van der Waals surface area contributed by atoms with Gasteiger partial charge in [0.05, 0.1) is 17.9 Å². The topological polar surface area (TPSA) is 59.7 Å². The second kappa shape index (κ2) is 5.61. The van der Waals surface area contributed by atoms with Crippen LogP contribution in [-0.2, 0) is 9.53 Å². The largest absolute Gasteiger partial charge is 0.367 e. The van der Waals surface area contributed by atoms with Crippen molar-refractivity contribution in [2.45, 2.75) is 32.5 Å². The van der Waals surface area contributed by atoms with Crippen molar-refractivity contribution in [3.05, 3.63) is 29.2 Å². The highest BCUT2D eigenvalue weighted by molar-refractivity contribution is 6.29. The Balaban J connectivity index is 1.75. The fraction of sp³-hybridized carbons (Fsp3) is 0.500. The van der Waals surface area contributed by atoms with Gasteiger partial charge in [-0.25, -0.2) is 9.50 Å². The molecule has 2 aromatic heterocycles. The summed E-state index contributed by atoms with van der Waals surface area (Å²) in [5.74, 6) is 0.0962. The van der Waals surface area contributed by atoms with Crippen LogP contribution in [0.2, 0.25) is 5.15 Å². The summed E-state index contributed by atoms with van der Waals surface area (Å²) in [5.41, 5.74) is 1.60. The lowest BCUT2D eigenvalue weighted by Gasteiger charge is -2.20. The van der Waals surface area contributed by atoms with Gasteiger partial charge in [0.2, 0.25) is 5.91 Å². The van der Waals surface area contributed by atoms with E-state index in [1.807, 2.05) is 17.9 Å². The van der Waals surface area contributed by atoms with Gasteiger partial charge in [0.1, 0.15) is 0 Å². The molecule has 1 fully saturated rings. The van der Waals surface area contributed by atoms with Crippen LogP contribution in [0.25, 0.3) is 5.65 Å². The van der Waals surface area contributed by atoms with E-state index in [9.17, 15) is 4.79 Å². The van der Waals surface area contributed by atoms with Crippen LogP contribution >= 0.6 is 11.6 Å². The van der Waals surface area contributed by atoms with Gasteiger partial charge in [0.25, 0.3) is 0 Å². The number of carbonyl (C=O) groups excluding carboxylic acids is 1. The Morgan fingerprint density at radius 1 is 1.57 bits per heavy atom. The maximum absolute atomic E-state index is 11.4. The highest BCUT2D eigenvalue weighted by Crippen LogP contribution is 2.24. The summed E-state index contributed by atoms with van der Waals surface area (Å²) in [5, 5.41) is 4.64. The van der Waals surface area contributed by atoms with Gasteiger partial charge >= 0.3 is 0 Å². The summed E-state index contributed by atoms with van der Waals surface area (Å²) >= 11 is 5.93. The Labute approximate surface area is 127 Å². The van der Waals surface area contributed by atoms with Crippen molar-refractivity contribution < 1.29 is 9.53 Å². The number of amides is 1. The number of hydrogen-bond acceptors (Lipinski definition) is 4. The molecule has 0 bridgehead atoms. The summed E-state index contributed by atoms with van der Waals surface area (Å²) in [7, 11) is 0. The van der Waals surface area contributed by atoms with E-state index in [-0.39, 0.29) is 18.1 Å². The van der Waals surface area contributed by atoms with Crippen molar-refractivity contribution in [3.63, 3.8) is 0 Å². The van der Waals surface area contributed by atoms with Crippen LogP contribution in [0.15, 0.2) is 18.3 Å². The number of aromatic nitrogens is 3. The summed E-state index contributed by atoms with van der Waals surface area (Å²) in [6, 6.07) is 3.59. The number of likely N-dealkylation sites (tertiary alicyclic amines) is 1. The van der Waals surface area contributed by atoms with Gasteiger partial charge in [-0.05, 0) is 19.4 Å². The monoisotopic (exact) mass is 308 g/mol. The predicted octanol–water partition coefficient (Wildman–Crippen LogP) is 2.08. The van der Waals surface area contributed by atoms with Crippen molar-refractivity contribution in [1.29, 1.82) is 0 Å². The molecule has 2 atom stereocenters. The van der Waals surface area contributed by atoms with Crippen LogP contribution in [-0.4, -0.2) is 44.6 Å². The first-order chi connectivity index (χ1) is 10.0. The molecule has 7 heteroatoms. The Morgan fingerprint density at radius 3 is 3.10 bits per heavy atom. The molecule has 21 heavy (non-hydrogen) atoms. The van der Waals surface area contributed by atoms with E-state index in [0.717, 1.165) is 18.7 Å². The Morgan fingerprint density at radius 2 is 2.38 bits per heavy atom. The Kier molecular flexibility index (Phi) is 3.82. The van der Waals surface area contributed by atoms with Gasteiger partial charge in [-0.15, -0.1) is 0 Å². The zero-order valence-corrected chi connectivity index (χ0v) is 12.7. The SMILES string of the molecule is CC(=O)N1CC[C@@H](O[C@@H](C)c2ccnc3cc(Cl)nn23)C1. The van der Waals surface area contributed by atoms with Crippen LogP contribution in [0, 0.1) is 0 Å². The molecule has 112 valence electrons. The van der Waals surface area contributed by atoms with Gasteiger partial charge < -0.3 is 9.64 Å². The molecule has 0 saturated carbocycles. The molecule has 0 N–H and O–H groups in total. The van der Waals surface area contributed by atoms with E-state index in [0.29, 0.717) is 17.3 Å². The quantitative estimate of drug-likeness (QED) is 0.871. The first-order valence-electron chi connectivity index (χ1n) is 6.96. The van der Waals surface area contributed by atoms with Crippen molar-refractivity contribution in [2.75, 3.05) is 13.1 Å². The number of carbonyl (C=O) groups is 1. The lowest BCUT2D eigenvalue weighted by molar-refractivity contribution is -0.128. The third-order valence-corrected chi connectivity index (χ3v) is 3.95. The van der Waals surface area contributed by atoms with Crippen LogP contribution in [0.5, 0.6) is 0 Å². The Hall–Kier alpha value is -1.66. The molecule has 1 amide bonds. The zero-order chi connectivity index (χ0) is 15.0. The molecule has 0 unspecified atom stereocenters. The second-order valence-corrected chi connectivity index (χ2v) is 5.65. The minimum Gasteiger partial charge on any atom is -0.367 e. The lowest BCUT2D eigenvalue weighted by atomic mass is 10.2. The van der Waals surface area contributed by atoms with Crippen molar-refractivity contribution in [2.24, 2.45) is 0 Å². The van der Waals surface area contributed by atoms with E-state index in [1.165, 1.54) is 0 Å². The zero-order valence-electron chi connectivity index (χ0n) is 12.0. The average molecular weight is 309 g/mol. The van der Waals surface area contributed by atoms with E-state index >= 15 is 0 Å². The maximum Gasteiger partial charge on any atom is 0.219 e. The van der Waals surface area contributed by atoms with Gasteiger partial charge in [0.15, 0.2) is 10.8 Å². The van der Waals surface area contributed by atoms with Crippen LogP contribution in [0.4, 0.5) is 0 Å². The molecule has 0 radical (unpaired) electrons.